The molecule has 53 heavy (non-hydrogen) atoms. The molecule has 0 amide bonds. The molecule has 1 aromatic heterocycles. The number of nitrogens with zero attached hydrogens (tertiary/aromatic N) is 2. The van der Waals surface area contributed by atoms with Crippen molar-refractivity contribution >= 4 is 36.0 Å². The zero-order chi connectivity index (χ0) is 36.2. The Bertz CT molecular complexity index is 2610. The van der Waals surface area contributed by atoms with Crippen LogP contribution in [0.5, 0.6) is 0 Å². The molecule has 1 aliphatic carbocycles. The molecule has 0 saturated carbocycles. The van der Waals surface area contributed by atoms with Gasteiger partial charge in [-0.05, 0) is 34.3 Å². The van der Waals surface area contributed by atoms with Gasteiger partial charge in [0.1, 0.15) is 5.82 Å². The number of fused-ring (bicyclic) bond motifs is 3. The van der Waals surface area contributed by atoms with Crippen LogP contribution in [0.1, 0.15) is 11.6 Å². The lowest BCUT2D eigenvalue weighted by Gasteiger charge is -2.29. The number of hydrogen-bond donors (Lipinski definition) is 0. The summed E-state index contributed by atoms with van der Waals surface area (Å²) >= 11 is 0. The first-order chi connectivity index (χ1) is 25.9. The average molecular weight is 723 g/mol. The van der Waals surface area contributed by atoms with E-state index in [-0.39, 0.29) is 0 Å². The van der Waals surface area contributed by atoms with E-state index in [1.807, 2.05) is 115 Å². The number of rotatable bonds is 6. The van der Waals surface area contributed by atoms with Crippen LogP contribution in [0.2, 0.25) is 0 Å². The predicted molar refractivity (Wildman–Crippen MR) is 202 cm³/mol. The molecule has 2 aliphatic rings. The molecule has 2 atom stereocenters. The van der Waals surface area contributed by atoms with Gasteiger partial charge >= 0.3 is 0 Å². The summed E-state index contributed by atoms with van der Waals surface area (Å²) in [6, 6.07) is 41.6. The fourth-order valence-corrected chi connectivity index (χ4v) is 10.1. The van der Waals surface area contributed by atoms with Gasteiger partial charge < -0.3 is 4.57 Å². The standard InChI is InChI=1S/C45H28F5N2P/c46-37-36(38(47)40(49)41(50)39(37)48)43-30-19-13-18-27-24-25-34(53(31-20-9-3-10-21-31)32-22-11-4-12-23-32)35(33(27)26-30)45-51-42(28-14-5-1-6-15-28)44(52(43)45)29-16-7-2-8-17-29/h1-26,30,43H/t30?,43-/m1/s1. The monoisotopic (exact) mass is 722 g/mol. The average Bonchev–Trinajstić information content (AvgIpc) is 3.37. The van der Waals surface area contributed by atoms with Crippen LogP contribution in [0.4, 0.5) is 22.0 Å². The van der Waals surface area contributed by atoms with E-state index in [4.69, 9.17) is 4.98 Å². The Morgan fingerprint density at radius 1 is 0.566 bits per heavy atom. The number of halogens is 5. The van der Waals surface area contributed by atoms with Crippen LogP contribution in [0.25, 0.3) is 46.1 Å². The molecule has 0 radical (unpaired) electrons. The Balaban J connectivity index is 1.49. The molecule has 0 spiro atoms. The summed E-state index contributed by atoms with van der Waals surface area (Å²) in [5, 5.41) is 4.69. The van der Waals surface area contributed by atoms with Crippen molar-refractivity contribution in [2.75, 3.05) is 0 Å². The Labute approximate surface area is 303 Å². The molecule has 1 unspecified atom stereocenters. The van der Waals surface area contributed by atoms with E-state index >= 15 is 17.6 Å². The van der Waals surface area contributed by atoms with Crippen molar-refractivity contribution in [3.63, 3.8) is 0 Å². The third kappa shape index (κ3) is 5.38. The van der Waals surface area contributed by atoms with Gasteiger partial charge in [0.05, 0.1) is 23.0 Å². The second-order valence-electron chi connectivity index (χ2n) is 12.9. The van der Waals surface area contributed by atoms with Gasteiger partial charge in [-0.15, -0.1) is 0 Å². The van der Waals surface area contributed by atoms with Gasteiger partial charge in [0.2, 0.25) is 5.82 Å². The summed E-state index contributed by atoms with van der Waals surface area (Å²) in [4.78, 5) is 5.37. The molecule has 9 rings (SSSR count). The fourth-order valence-electron chi connectivity index (χ4n) is 7.61. The first kappa shape index (κ1) is 33.0. The van der Waals surface area contributed by atoms with Gasteiger partial charge in [-0.3, -0.25) is 0 Å². The highest BCUT2D eigenvalue weighted by Gasteiger charge is 2.40. The Morgan fingerprint density at radius 2 is 1.09 bits per heavy atom. The van der Waals surface area contributed by atoms with Crippen molar-refractivity contribution in [3.8, 4) is 33.9 Å². The lowest BCUT2D eigenvalue weighted by Crippen LogP contribution is -2.34. The summed E-state index contributed by atoms with van der Waals surface area (Å²) in [6.07, 6.45) is 7.35. The number of imidazole rings is 1. The predicted octanol–water partition coefficient (Wildman–Crippen LogP) is 8.69. The third-order valence-corrected chi connectivity index (χ3v) is 12.4. The molecular formula is C45H28F5N2P. The molecule has 6 aromatic carbocycles. The van der Waals surface area contributed by atoms with Crippen LogP contribution < -0.4 is 26.4 Å². The van der Waals surface area contributed by atoms with E-state index in [2.05, 4.69) is 30.3 Å². The van der Waals surface area contributed by atoms with Crippen LogP contribution in [-0.4, -0.2) is 9.55 Å². The number of benzene rings is 6. The first-order valence-electron chi connectivity index (χ1n) is 17.1. The van der Waals surface area contributed by atoms with E-state index in [1.54, 1.807) is 16.7 Å². The number of allylic oxidation sites excluding steroid dienone is 2. The maximum atomic E-state index is 16.3. The second-order valence-corrected chi connectivity index (χ2v) is 15.1. The van der Waals surface area contributed by atoms with Crippen LogP contribution in [0.15, 0.2) is 146 Å². The van der Waals surface area contributed by atoms with Crippen molar-refractivity contribution in [3.05, 3.63) is 191 Å². The smallest absolute Gasteiger partial charge is 0.200 e. The Hall–Kier alpha value is -5.91. The van der Waals surface area contributed by atoms with Gasteiger partial charge in [-0.2, -0.15) is 0 Å². The van der Waals surface area contributed by atoms with E-state index in [0.717, 1.165) is 37.5 Å². The lowest BCUT2D eigenvalue weighted by atomic mass is 9.90. The van der Waals surface area contributed by atoms with E-state index in [1.165, 1.54) is 0 Å². The van der Waals surface area contributed by atoms with Gasteiger partial charge in [-0.1, -0.05) is 158 Å². The largest absolute Gasteiger partial charge is 0.315 e. The summed E-state index contributed by atoms with van der Waals surface area (Å²) in [6.45, 7) is 0. The first-order valence-corrected chi connectivity index (χ1v) is 18.4. The highest BCUT2D eigenvalue weighted by Crippen LogP contribution is 2.47. The Morgan fingerprint density at radius 3 is 1.68 bits per heavy atom. The molecular weight excluding hydrogens is 694 g/mol. The molecule has 2 bridgehead atoms. The van der Waals surface area contributed by atoms with Crippen LogP contribution in [0.3, 0.4) is 0 Å². The van der Waals surface area contributed by atoms with E-state index in [9.17, 15) is 4.39 Å². The highest BCUT2D eigenvalue weighted by atomic mass is 31.1. The second kappa shape index (κ2) is 13.3. The molecule has 2 nitrogen and oxygen atoms in total. The quantitative estimate of drug-likeness (QED) is 0.0728. The summed E-state index contributed by atoms with van der Waals surface area (Å²) in [7, 11) is -1.24. The summed E-state index contributed by atoms with van der Waals surface area (Å²) in [5.74, 6) is -10.4. The fraction of sp³-hybridized carbons (Fsp3) is 0.0444. The molecule has 1 aliphatic heterocycles. The van der Waals surface area contributed by atoms with Crippen molar-refractivity contribution in [1.82, 2.24) is 9.55 Å². The van der Waals surface area contributed by atoms with Crippen molar-refractivity contribution in [1.29, 1.82) is 0 Å². The zero-order valence-electron chi connectivity index (χ0n) is 27.9. The summed E-state index contributed by atoms with van der Waals surface area (Å²) < 4.78 is 79.4. The maximum Gasteiger partial charge on any atom is 0.200 e. The molecule has 0 fully saturated rings. The minimum Gasteiger partial charge on any atom is -0.315 e. The Kier molecular flexibility index (Phi) is 8.24. The van der Waals surface area contributed by atoms with Crippen LogP contribution in [0, 0.1) is 35.0 Å². The molecule has 0 saturated heterocycles. The van der Waals surface area contributed by atoms with Crippen molar-refractivity contribution < 1.29 is 22.0 Å². The van der Waals surface area contributed by atoms with Gasteiger partial charge in [0, 0.05) is 22.6 Å². The zero-order valence-corrected chi connectivity index (χ0v) is 28.8. The van der Waals surface area contributed by atoms with Crippen LogP contribution in [-0.2, 0) is 0 Å². The molecule has 2 heterocycles. The molecule has 7 aromatic rings. The van der Waals surface area contributed by atoms with Crippen molar-refractivity contribution in [2.45, 2.75) is 6.04 Å². The van der Waals surface area contributed by atoms with Crippen LogP contribution >= 0.6 is 7.92 Å². The topological polar surface area (TPSA) is 17.8 Å². The minimum absolute atomic E-state index is 0.366. The number of hydrogen-bond acceptors (Lipinski definition) is 1. The van der Waals surface area contributed by atoms with Gasteiger partial charge in [0.15, 0.2) is 23.3 Å². The molecule has 8 heteroatoms. The number of aromatic nitrogens is 2. The van der Waals surface area contributed by atoms with Gasteiger partial charge in [-0.25, -0.2) is 26.9 Å². The minimum atomic E-state index is -2.20. The molecule has 0 N–H and O–H groups in total. The lowest BCUT2D eigenvalue weighted by molar-refractivity contribution is 0.354. The molecule has 258 valence electrons. The normalized spacial score (nSPS) is 15.7. The highest BCUT2D eigenvalue weighted by molar-refractivity contribution is 7.80. The maximum absolute atomic E-state index is 16.3. The third-order valence-electron chi connectivity index (χ3n) is 9.91. The SMILES string of the molecule is Fc1c(F)c(F)c([C@H]2C3C=CC=c4ccc(P(c5ccccc5)c5ccccc5)c(c4=C3)-c3nc(-c4ccccc4)c(-c4ccccc4)n32)c(F)c1F. The summed E-state index contributed by atoms with van der Waals surface area (Å²) in [5.41, 5.74) is 2.21. The van der Waals surface area contributed by atoms with Crippen molar-refractivity contribution in [2.24, 2.45) is 5.92 Å². The van der Waals surface area contributed by atoms with E-state index < -0.39 is 54.5 Å². The van der Waals surface area contributed by atoms with E-state index in [0.29, 0.717) is 22.8 Å². The van der Waals surface area contributed by atoms with Gasteiger partial charge in [0.25, 0.3) is 0 Å².